The maximum Gasteiger partial charge on any atom is 0.241 e. The molecule has 0 heterocycles. The molecule has 0 spiro atoms. The summed E-state index contributed by atoms with van der Waals surface area (Å²) in [6.45, 7) is -0.00576. The minimum atomic E-state index is -3.77. The van der Waals surface area contributed by atoms with Crippen molar-refractivity contribution in [1.82, 2.24) is 4.72 Å². The lowest BCUT2D eigenvalue weighted by Crippen LogP contribution is -2.47. The Hall–Kier alpha value is -0.340. The number of nitrogens with two attached hydrogens (primary N) is 1. The molecule has 0 radical (unpaired) electrons. The minimum absolute atomic E-state index is 0.00576. The van der Waals surface area contributed by atoms with E-state index in [2.05, 4.69) is 20.7 Å². The number of hydrogen-bond acceptors (Lipinski definition) is 4. The Morgan fingerprint density at radius 2 is 2.11 bits per heavy atom. The highest BCUT2D eigenvalue weighted by molar-refractivity contribution is 9.10. The van der Waals surface area contributed by atoms with E-state index in [4.69, 9.17) is 17.3 Å². The van der Waals surface area contributed by atoms with Crippen molar-refractivity contribution in [2.24, 2.45) is 0 Å². The number of hydrogen-bond donors (Lipinski definition) is 3. The van der Waals surface area contributed by atoms with Crippen molar-refractivity contribution in [3.05, 3.63) is 21.6 Å². The van der Waals surface area contributed by atoms with Gasteiger partial charge in [-0.3, -0.25) is 0 Å². The highest BCUT2D eigenvalue weighted by atomic mass is 79.9. The summed E-state index contributed by atoms with van der Waals surface area (Å²) in [5, 5.41) is 10.1. The number of nitrogen functional groups attached to an aromatic ring is 1. The third-order valence-corrected chi connectivity index (χ3v) is 5.99. The zero-order valence-corrected chi connectivity index (χ0v) is 13.1. The molecular weight excluding hydrogens is 356 g/mol. The van der Waals surface area contributed by atoms with E-state index < -0.39 is 15.6 Å². The molecule has 1 saturated carbocycles. The summed E-state index contributed by atoms with van der Waals surface area (Å²) in [5.74, 6) is 0. The standard InChI is InChI=1S/C11H14BrClN2O3S/c12-10-8(14)4-7(13)5-9(10)19(17,18)15-6-11(16)2-1-3-11/h4-5,15-16H,1-3,6,14H2. The van der Waals surface area contributed by atoms with Crippen LogP contribution in [0.3, 0.4) is 0 Å². The molecule has 4 N–H and O–H groups in total. The van der Waals surface area contributed by atoms with Crippen LogP contribution in [-0.2, 0) is 10.0 Å². The normalized spacial score (nSPS) is 18.1. The van der Waals surface area contributed by atoms with Crippen LogP contribution < -0.4 is 10.5 Å². The molecule has 0 unspecified atom stereocenters. The fraction of sp³-hybridized carbons (Fsp3) is 0.455. The summed E-state index contributed by atoms with van der Waals surface area (Å²) in [6, 6.07) is 2.78. The van der Waals surface area contributed by atoms with Gasteiger partial charge in [-0.1, -0.05) is 11.6 Å². The van der Waals surface area contributed by atoms with Crippen molar-refractivity contribution >= 4 is 43.2 Å². The SMILES string of the molecule is Nc1cc(Cl)cc(S(=O)(=O)NCC2(O)CCC2)c1Br. The Bertz CT molecular complexity index is 602. The summed E-state index contributed by atoms with van der Waals surface area (Å²) < 4.78 is 27.0. The minimum Gasteiger partial charge on any atom is -0.398 e. The third kappa shape index (κ3) is 3.22. The molecule has 5 nitrogen and oxygen atoms in total. The first kappa shape index (κ1) is 15.1. The Balaban J connectivity index is 2.24. The van der Waals surface area contributed by atoms with Crippen molar-refractivity contribution in [2.75, 3.05) is 12.3 Å². The summed E-state index contributed by atoms with van der Waals surface area (Å²) in [5.41, 5.74) is 4.98. The molecule has 19 heavy (non-hydrogen) atoms. The molecule has 0 amide bonds. The van der Waals surface area contributed by atoms with Crippen LogP contribution in [0.4, 0.5) is 5.69 Å². The van der Waals surface area contributed by atoms with Crippen LogP contribution in [0.15, 0.2) is 21.5 Å². The molecular formula is C11H14BrClN2O3S. The molecule has 106 valence electrons. The lowest BCUT2D eigenvalue weighted by Gasteiger charge is -2.36. The van der Waals surface area contributed by atoms with E-state index in [-0.39, 0.29) is 26.6 Å². The van der Waals surface area contributed by atoms with Crippen LogP contribution in [0, 0.1) is 0 Å². The van der Waals surface area contributed by atoms with Crippen LogP contribution in [0.2, 0.25) is 5.02 Å². The van der Waals surface area contributed by atoms with Gasteiger partial charge < -0.3 is 10.8 Å². The van der Waals surface area contributed by atoms with Crippen molar-refractivity contribution < 1.29 is 13.5 Å². The molecule has 8 heteroatoms. The summed E-state index contributed by atoms with van der Waals surface area (Å²) in [7, 11) is -3.77. The second-order valence-corrected chi connectivity index (χ2v) is 7.67. The van der Waals surface area contributed by atoms with Crippen LogP contribution in [-0.4, -0.2) is 25.7 Å². The number of anilines is 1. The highest BCUT2D eigenvalue weighted by Crippen LogP contribution is 2.33. The van der Waals surface area contributed by atoms with Gasteiger partial charge in [0.15, 0.2) is 0 Å². The topological polar surface area (TPSA) is 92.4 Å². The van der Waals surface area contributed by atoms with E-state index in [1.165, 1.54) is 12.1 Å². The molecule has 0 saturated heterocycles. The van der Waals surface area contributed by atoms with Crippen molar-refractivity contribution in [3.63, 3.8) is 0 Å². The smallest absolute Gasteiger partial charge is 0.241 e. The van der Waals surface area contributed by atoms with Crippen molar-refractivity contribution in [1.29, 1.82) is 0 Å². The maximum absolute atomic E-state index is 12.2. The molecule has 0 atom stereocenters. The van der Waals surface area contributed by atoms with Crippen LogP contribution in [0.1, 0.15) is 19.3 Å². The Labute approximate surface area is 125 Å². The summed E-state index contributed by atoms with van der Waals surface area (Å²) >= 11 is 8.95. The first-order valence-electron chi connectivity index (χ1n) is 5.70. The fourth-order valence-electron chi connectivity index (χ4n) is 1.85. The van der Waals surface area contributed by atoms with Gasteiger partial charge in [-0.05, 0) is 47.3 Å². The van der Waals surface area contributed by atoms with Gasteiger partial charge in [-0.15, -0.1) is 0 Å². The molecule has 1 fully saturated rings. The second kappa shape index (κ2) is 5.21. The van der Waals surface area contributed by atoms with Crippen LogP contribution >= 0.6 is 27.5 Å². The largest absolute Gasteiger partial charge is 0.398 e. The fourth-order valence-corrected chi connectivity index (χ4v) is 4.26. The lowest BCUT2D eigenvalue weighted by molar-refractivity contribution is -0.0270. The van der Waals surface area contributed by atoms with Crippen LogP contribution in [0.25, 0.3) is 0 Å². The Morgan fingerprint density at radius 3 is 2.63 bits per heavy atom. The highest BCUT2D eigenvalue weighted by Gasteiger charge is 2.35. The average Bonchev–Trinajstić information content (AvgIpc) is 2.28. The average molecular weight is 370 g/mol. The van der Waals surface area contributed by atoms with Gasteiger partial charge in [-0.2, -0.15) is 0 Å². The van der Waals surface area contributed by atoms with Gasteiger partial charge in [0.25, 0.3) is 0 Å². The summed E-state index contributed by atoms with van der Waals surface area (Å²) in [4.78, 5) is -0.0274. The molecule has 1 aliphatic rings. The lowest BCUT2D eigenvalue weighted by atomic mass is 9.81. The van der Waals surface area contributed by atoms with E-state index >= 15 is 0 Å². The van der Waals surface area contributed by atoms with Gasteiger partial charge in [0.2, 0.25) is 10.0 Å². The number of nitrogens with one attached hydrogen (secondary N) is 1. The zero-order valence-electron chi connectivity index (χ0n) is 9.99. The Kier molecular flexibility index (Phi) is 4.13. The molecule has 0 aromatic heterocycles. The van der Waals surface area contributed by atoms with Gasteiger partial charge in [0.05, 0.1) is 15.0 Å². The van der Waals surface area contributed by atoms with Crippen LogP contribution in [0.5, 0.6) is 0 Å². The van der Waals surface area contributed by atoms with Crippen molar-refractivity contribution in [3.8, 4) is 0 Å². The summed E-state index contributed by atoms with van der Waals surface area (Å²) in [6.07, 6.45) is 2.12. The third-order valence-electron chi connectivity index (χ3n) is 3.20. The number of rotatable bonds is 4. The van der Waals surface area contributed by atoms with Gasteiger partial charge >= 0.3 is 0 Å². The molecule has 2 rings (SSSR count). The maximum atomic E-state index is 12.2. The first-order chi connectivity index (χ1) is 8.73. The van der Waals surface area contributed by atoms with E-state index in [9.17, 15) is 13.5 Å². The second-order valence-electron chi connectivity index (χ2n) is 4.71. The molecule has 0 bridgehead atoms. The predicted molar refractivity (Wildman–Crippen MR) is 77.6 cm³/mol. The van der Waals surface area contributed by atoms with Gasteiger partial charge in [0, 0.05) is 17.3 Å². The number of aliphatic hydroxyl groups is 1. The first-order valence-corrected chi connectivity index (χ1v) is 8.35. The molecule has 1 aliphatic carbocycles. The van der Waals surface area contributed by atoms with E-state index in [1.807, 2.05) is 0 Å². The molecule has 1 aromatic rings. The van der Waals surface area contributed by atoms with Gasteiger partial charge in [-0.25, -0.2) is 13.1 Å². The molecule has 0 aliphatic heterocycles. The zero-order chi connectivity index (χ0) is 14.3. The van der Waals surface area contributed by atoms with Gasteiger partial charge in [0.1, 0.15) is 0 Å². The predicted octanol–water partition coefficient (Wildman–Crippen LogP) is 1.88. The number of sulfonamides is 1. The van der Waals surface area contributed by atoms with E-state index in [1.54, 1.807) is 0 Å². The molecule has 1 aromatic carbocycles. The van der Waals surface area contributed by atoms with E-state index in [0.717, 1.165) is 6.42 Å². The quantitative estimate of drug-likeness (QED) is 0.707. The number of benzene rings is 1. The monoisotopic (exact) mass is 368 g/mol. The Morgan fingerprint density at radius 1 is 1.47 bits per heavy atom. The van der Waals surface area contributed by atoms with Crippen molar-refractivity contribution in [2.45, 2.75) is 29.8 Å². The number of halogens is 2. The van der Waals surface area contributed by atoms with E-state index in [0.29, 0.717) is 12.8 Å².